The van der Waals surface area contributed by atoms with E-state index in [9.17, 15) is 0 Å². The van der Waals surface area contributed by atoms with Crippen LogP contribution in [-0.2, 0) is 0 Å². The average molecular weight is 227 g/mol. The lowest BCUT2D eigenvalue weighted by Gasteiger charge is -2.33. The van der Waals surface area contributed by atoms with Gasteiger partial charge in [0, 0.05) is 19.1 Å². The van der Waals surface area contributed by atoms with Crippen molar-refractivity contribution in [2.75, 3.05) is 46.8 Å². The summed E-state index contributed by atoms with van der Waals surface area (Å²) in [5, 5.41) is 3.67. The lowest BCUT2D eigenvalue weighted by molar-refractivity contribution is 0.181. The summed E-state index contributed by atoms with van der Waals surface area (Å²) in [5.74, 6) is 0.770. The molecule has 0 unspecified atom stereocenters. The normalized spacial score (nSPS) is 19.9. The molecule has 3 nitrogen and oxygen atoms in total. The van der Waals surface area contributed by atoms with Crippen molar-refractivity contribution in [3.8, 4) is 0 Å². The van der Waals surface area contributed by atoms with Crippen molar-refractivity contribution >= 4 is 0 Å². The molecule has 3 heteroatoms. The van der Waals surface area contributed by atoms with E-state index < -0.39 is 0 Å². The number of nitrogens with zero attached hydrogens (tertiary/aromatic N) is 2. The van der Waals surface area contributed by atoms with Gasteiger partial charge in [0.15, 0.2) is 0 Å². The maximum atomic E-state index is 3.67. The summed E-state index contributed by atoms with van der Waals surface area (Å²) >= 11 is 0. The van der Waals surface area contributed by atoms with Gasteiger partial charge in [-0.25, -0.2) is 0 Å². The Morgan fingerprint density at radius 3 is 2.38 bits per heavy atom. The number of likely N-dealkylation sites (tertiary alicyclic amines) is 1. The third kappa shape index (κ3) is 5.83. The van der Waals surface area contributed by atoms with Gasteiger partial charge in [-0.3, -0.25) is 0 Å². The quantitative estimate of drug-likeness (QED) is 0.737. The first-order valence-electron chi connectivity index (χ1n) is 6.68. The first-order chi connectivity index (χ1) is 7.58. The molecule has 0 aromatic rings. The Morgan fingerprint density at radius 1 is 1.25 bits per heavy atom. The van der Waals surface area contributed by atoms with Crippen LogP contribution >= 0.6 is 0 Å². The topological polar surface area (TPSA) is 18.5 Å². The Balaban J connectivity index is 2.09. The Morgan fingerprint density at radius 2 is 1.88 bits per heavy atom. The van der Waals surface area contributed by atoms with Gasteiger partial charge in [-0.2, -0.15) is 0 Å². The van der Waals surface area contributed by atoms with Crippen molar-refractivity contribution in [2.24, 2.45) is 5.92 Å². The lowest BCUT2D eigenvalue weighted by Crippen LogP contribution is -2.45. The molecular weight excluding hydrogens is 198 g/mol. The molecule has 0 aliphatic carbocycles. The maximum Gasteiger partial charge on any atom is 0.0109 e. The first-order valence-corrected chi connectivity index (χ1v) is 6.68. The molecule has 1 rings (SSSR count). The van der Waals surface area contributed by atoms with E-state index in [0.717, 1.165) is 12.0 Å². The third-order valence-corrected chi connectivity index (χ3v) is 3.27. The molecule has 0 atom stereocenters. The zero-order valence-electron chi connectivity index (χ0n) is 11.5. The first kappa shape index (κ1) is 13.9. The molecule has 1 saturated heterocycles. The summed E-state index contributed by atoms with van der Waals surface area (Å²) < 4.78 is 0. The van der Waals surface area contributed by atoms with Crippen LogP contribution in [0, 0.1) is 5.92 Å². The van der Waals surface area contributed by atoms with Gasteiger partial charge < -0.3 is 15.1 Å². The Labute approximate surface area is 101 Å². The van der Waals surface area contributed by atoms with E-state index >= 15 is 0 Å². The van der Waals surface area contributed by atoms with Crippen LogP contribution in [0.15, 0.2) is 0 Å². The van der Waals surface area contributed by atoms with Crippen molar-refractivity contribution in [3.63, 3.8) is 0 Å². The van der Waals surface area contributed by atoms with Crippen LogP contribution in [0.4, 0.5) is 0 Å². The van der Waals surface area contributed by atoms with Crippen LogP contribution in [0.2, 0.25) is 0 Å². The molecule has 96 valence electrons. The predicted octanol–water partition coefficient (Wildman–Crippen LogP) is 1.26. The van der Waals surface area contributed by atoms with Gasteiger partial charge in [-0.05, 0) is 52.5 Å². The fraction of sp³-hybridized carbons (Fsp3) is 1.00. The Kier molecular flexibility index (Phi) is 6.32. The number of hydrogen-bond acceptors (Lipinski definition) is 3. The summed E-state index contributed by atoms with van der Waals surface area (Å²) in [4.78, 5) is 4.86. The highest BCUT2D eigenvalue weighted by Gasteiger charge is 2.18. The van der Waals surface area contributed by atoms with Gasteiger partial charge in [0.1, 0.15) is 0 Å². The van der Waals surface area contributed by atoms with Crippen molar-refractivity contribution in [1.82, 2.24) is 15.1 Å². The molecule has 0 aromatic heterocycles. The molecule has 0 bridgehead atoms. The molecule has 1 aliphatic heterocycles. The van der Waals surface area contributed by atoms with Gasteiger partial charge in [-0.1, -0.05) is 13.8 Å². The summed E-state index contributed by atoms with van der Waals surface area (Å²) in [6.45, 7) is 10.7. The van der Waals surface area contributed by atoms with Crippen molar-refractivity contribution in [2.45, 2.75) is 32.7 Å². The minimum atomic E-state index is 0.762. The smallest absolute Gasteiger partial charge is 0.0109 e. The summed E-state index contributed by atoms with van der Waals surface area (Å²) in [5.41, 5.74) is 0. The molecule has 0 spiro atoms. The zero-order chi connectivity index (χ0) is 12.0. The molecule has 1 aliphatic rings. The van der Waals surface area contributed by atoms with E-state index in [4.69, 9.17) is 0 Å². The highest BCUT2D eigenvalue weighted by atomic mass is 15.2. The molecule has 1 N–H and O–H groups in total. The van der Waals surface area contributed by atoms with Gasteiger partial charge in [-0.15, -0.1) is 0 Å². The number of rotatable bonds is 6. The minimum absolute atomic E-state index is 0.762. The van der Waals surface area contributed by atoms with Crippen molar-refractivity contribution in [1.29, 1.82) is 0 Å². The molecule has 16 heavy (non-hydrogen) atoms. The Bertz CT molecular complexity index is 152. The van der Waals surface area contributed by atoms with Gasteiger partial charge in [0.25, 0.3) is 0 Å². The van der Waals surface area contributed by atoms with E-state index in [1.54, 1.807) is 0 Å². The monoisotopic (exact) mass is 227 g/mol. The third-order valence-electron chi connectivity index (χ3n) is 3.27. The highest BCUT2D eigenvalue weighted by molar-refractivity contribution is 4.77. The number of piperidine rings is 1. The fourth-order valence-electron chi connectivity index (χ4n) is 2.10. The molecular formula is C13H29N3. The van der Waals surface area contributed by atoms with Crippen LogP contribution in [0.25, 0.3) is 0 Å². The molecule has 0 aromatic carbocycles. The highest BCUT2D eigenvalue weighted by Crippen LogP contribution is 2.10. The van der Waals surface area contributed by atoms with Crippen molar-refractivity contribution < 1.29 is 0 Å². The molecule has 0 saturated carbocycles. The zero-order valence-corrected chi connectivity index (χ0v) is 11.5. The second kappa shape index (κ2) is 7.25. The predicted molar refractivity (Wildman–Crippen MR) is 70.9 cm³/mol. The van der Waals surface area contributed by atoms with Gasteiger partial charge >= 0.3 is 0 Å². The van der Waals surface area contributed by atoms with Crippen LogP contribution in [-0.4, -0.2) is 62.7 Å². The van der Waals surface area contributed by atoms with Crippen LogP contribution in [0.1, 0.15) is 26.7 Å². The SMILES string of the molecule is CC(C)CNC1CCN(CCN(C)C)CC1. The van der Waals surface area contributed by atoms with Crippen LogP contribution in [0.5, 0.6) is 0 Å². The summed E-state index contributed by atoms with van der Waals surface area (Å²) in [6, 6.07) is 0.762. The standard InChI is InChI=1S/C13H29N3/c1-12(2)11-14-13-5-7-16(8-6-13)10-9-15(3)4/h12-14H,5-11H2,1-4H3. The van der Waals surface area contributed by atoms with E-state index in [2.05, 4.69) is 43.1 Å². The van der Waals surface area contributed by atoms with E-state index in [1.165, 1.54) is 45.6 Å². The minimum Gasteiger partial charge on any atom is -0.314 e. The van der Waals surface area contributed by atoms with Gasteiger partial charge in [0.2, 0.25) is 0 Å². The van der Waals surface area contributed by atoms with Crippen molar-refractivity contribution in [3.05, 3.63) is 0 Å². The molecule has 1 fully saturated rings. The number of nitrogens with one attached hydrogen (secondary N) is 1. The largest absolute Gasteiger partial charge is 0.314 e. The maximum absolute atomic E-state index is 3.67. The second-order valence-electron chi connectivity index (χ2n) is 5.72. The van der Waals surface area contributed by atoms with Crippen LogP contribution < -0.4 is 5.32 Å². The van der Waals surface area contributed by atoms with E-state index in [-0.39, 0.29) is 0 Å². The number of hydrogen-bond donors (Lipinski definition) is 1. The van der Waals surface area contributed by atoms with E-state index in [1.807, 2.05) is 0 Å². The average Bonchev–Trinajstić information content (AvgIpc) is 2.25. The molecule has 0 radical (unpaired) electrons. The molecule has 0 amide bonds. The lowest BCUT2D eigenvalue weighted by atomic mass is 10.0. The molecule has 1 heterocycles. The number of likely N-dealkylation sites (N-methyl/N-ethyl adjacent to an activating group) is 1. The van der Waals surface area contributed by atoms with E-state index in [0.29, 0.717) is 0 Å². The fourth-order valence-corrected chi connectivity index (χ4v) is 2.10. The Hall–Kier alpha value is -0.120. The second-order valence-corrected chi connectivity index (χ2v) is 5.72. The van der Waals surface area contributed by atoms with Gasteiger partial charge in [0.05, 0.1) is 0 Å². The summed E-state index contributed by atoms with van der Waals surface area (Å²) in [7, 11) is 4.30. The summed E-state index contributed by atoms with van der Waals surface area (Å²) in [6.07, 6.45) is 2.64. The van der Waals surface area contributed by atoms with Crippen LogP contribution in [0.3, 0.4) is 0 Å².